The van der Waals surface area contributed by atoms with Crippen LogP contribution in [0.25, 0.3) is 0 Å². The first-order valence-corrected chi connectivity index (χ1v) is 12.2. The van der Waals surface area contributed by atoms with Gasteiger partial charge in [-0.2, -0.15) is 0 Å². The van der Waals surface area contributed by atoms with E-state index in [1.165, 1.54) is 0 Å². The van der Waals surface area contributed by atoms with Crippen LogP contribution in [0.1, 0.15) is 57.8 Å². The molecule has 7 nitrogen and oxygen atoms in total. The molecule has 0 aromatic carbocycles. The molecule has 0 radical (unpaired) electrons. The Kier molecular flexibility index (Phi) is 43.4. The summed E-state index contributed by atoms with van der Waals surface area (Å²) < 4.78 is 8.88. The van der Waals surface area contributed by atoms with Crippen LogP contribution >= 0.6 is 7.82 Å². The highest BCUT2D eigenvalue weighted by Gasteiger charge is 2.00. The molecule has 0 aliphatic carbocycles. The third-order valence-corrected chi connectivity index (χ3v) is 3.15. The van der Waals surface area contributed by atoms with Gasteiger partial charge in [0.2, 0.25) is 0 Å². The van der Waals surface area contributed by atoms with Gasteiger partial charge in [-0.3, -0.25) is 0 Å². The normalized spacial score (nSPS) is 10.6. The summed E-state index contributed by atoms with van der Waals surface area (Å²) in [5.41, 5.74) is 0. The summed E-state index contributed by atoms with van der Waals surface area (Å²) >= 11 is 0. The van der Waals surface area contributed by atoms with Crippen LogP contribution in [-0.2, 0) is 4.57 Å². The maximum atomic E-state index is 8.88. The smallest absolute Gasteiger partial charge is 0.392 e. The Morgan fingerprint density at radius 3 is 0.875 bits per heavy atom. The molecule has 6 N–H and O–H groups in total. The molecule has 0 aliphatic rings. The molecule has 0 amide bonds. The number of aliphatic hydroxyl groups is 3. The second-order valence-corrected chi connectivity index (χ2v) is 7.16. The van der Waals surface area contributed by atoms with Gasteiger partial charge in [-0.05, 0) is 57.8 Å². The lowest BCUT2D eigenvalue weighted by atomic mass is 10.2. The highest BCUT2D eigenvalue weighted by molar-refractivity contribution is 7.45. The van der Waals surface area contributed by atoms with E-state index in [-0.39, 0.29) is 19.8 Å². The predicted molar refractivity (Wildman–Crippen MR) is 135 cm³/mol. The van der Waals surface area contributed by atoms with Crippen molar-refractivity contribution in [3.63, 3.8) is 0 Å². The van der Waals surface area contributed by atoms with E-state index in [0.717, 1.165) is 57.8 Å². The minimum atomic E-state index is -4.64. The first-order chi connectivity index (χ1) is 15.2. The largest absolute Gasteiger partial charge is 0.466 e. The number of rotatable bonds is 15. The molecule has 0 aromatic heterocycles. The minimum absolute atomic E-state index is 0.161. The van der Waals surface area contributed by atoms with E-state index in [9.17, 15) is 0 Å². The zero-order valence-electron chi connectivity index (χ0n) is 19.3. The molecule has 188 valence electrons. The molecular weight excluding hydrogens is 431 g/mol. The molecule has 0 aromatic rings. The Morgan fingerprint density at radius 2 is 0.719 bits per heavy atom. The van der Waals surface area contributed by atoms with E-state index in [2.05, 4.69) is 19.7 Å². The number of unbranched alkanes of at least 4 members (excludes halogenated alkanes) is 6. The molecule has 0 saturated carbocycles. The van der Waals surface area contributed by atoms with E-state index < -0.39 is 7.82 Å². The van der Waals surface area contributed by atoms with Crippen LogP contribution in [0.15, 0.2) is 74.4 Å². The summed E-state index contributed by atoms with van der Waals surface area (Å²) in [7, 11) is -4.64. The predicted octanol–water partition coefficient (Wildman–Crippen LogP) is 4.75. The lowest BCUT2D eigenvalue weighted by Crippen LogP contribution is -1.72. The number of hydrogen-bond acceptors (Lipinski definition) is 4. The summed E-state index contributed by atoms with van der Waals surface area (Å²) in [6, 6.07) is 0. The third kappa shape index (κ3) is 79.2. The summed E-state index contributed by atoms with van der Waals surface area (Å²) in [5, 5.41) is 24.9. The van der Waals surface area contributed by atoms with E-state index in [1.54, 1.807) is 18.2 Å². The SMILES string of the molecule is C=CCCCC=CCO.C=CCCCC=CCO.C=CCCCC=CCO.O=P(O)(O)O. The molecule has 0 saturated heterocycles. The van der Waals surface area contributed by atoms with Crippen LogP contribution < -0.4 is 0 Å². The molecule has 0 bridgehead atoms. The van der Waals surface area contributed by atoms with Crippen molar-refractivity contribution >= 4 is 7.82 Å². The molecule has 0 atom stereocenters. The maximum Gasteiger partial charge on any atom is 0.466 e. The van der Waals surface area contributed by atoms with Crippen LogP contribution in [0.5, 0.6) is 0 Å². The van der Waals surface area contributed by atoms with Gasteiger partial charge in [0, 0.05) is 0 Å². The van der Waals surface area contributed by atoms with Crippen molar-refractivity contribution < 1.29 is 34.6 Å². The van der Waals surface area contributed by atoms with Crippen LogP contribution in [0, 0.1) is 0 Å². The second kappa shape index (κ2) is 36.8. The zero-order chi connectivity index (χ0) is 25.3. The standard InChI is InChI=1S/3C8H14O.H3O4P/c3*1-2-3-4-5-6-7-8-9;1-5(2,3)4/h3*2,6-7,9H,1,3-5,8H2;(H3,1,2,3,4). The summed E-state index contributed by atoms with van der Waals surface area (Å²) in [5.74, 6) is 0. The molecule has 0 aliphatic heterocycles. The van der Waals surface area contributed by atoms with Crippen molar-refractivity contribution in [3.05, 3.63) is 74.4 Å². The van der Waals surface area contributed by atoms with Crippen LogP contribution in [-0.4, -0.2) is 49.8 Å². The average Bonchev–Trinajstić information content (AvgIpc) is 2.73. The zero-order valence-corrected chi connectivity index (χ0v) is 20.2. The molecule has 8 heteroatoms. The summed E-state index contributed by atoms with van der Waals surface area (Å²) in [6.45, 7) is 11.3. The Labute approximate surface area is 194 Å². The van der Waals surface area contributed by atoms with Gasteiger partial charge in [-0.25, -0.2) is 4.57 Å². The van der Waals surface area contributed by atoms with Crippen molar-refractivity contribution in [3.8, 4) is 0 Å². The average molecular weight is 477 g/mol. The fourth-order valence-corrected chi connectivity index (χ4v) is 1.72. The van der Waals surface area contributed by atoms with Gasteiger partial charge in [0.25, 0.3) is 0 Å². The molecule has 0 rings (SSSR count). The second-order valence-electron chi connectivity index (χ2n) is 6.13. The van der Waals surface area contributed by atoms with Gasteiger partial charge in [0.05, 0.1) is 19.8 Å². The summed E-state index contributed by atoms with van der Waals surface area (Å²) in [6.07, 6.45) is 26.8. The van der Waals surface area contributed by atoms with E-state index >= 15 is 0 Å². The minimum Gasteiger partial charge on any atom is -0.392 e. The number of allylic oxidation sites excluding steroid dienone is 6. The van der Waals surface area contributed by atoms with Gasteiger partial charge >= 0.3 is 7.82 Å². The quantitative estimate of drug-likeness (QED) is 0.114. The lowest BCUT2D eigenvalue weighted by Gasteiger charge is -1.86. The van der Waals surface area contributed by atoms with Gasteiger partial charge in [-0.1, -0.05) is 54.7 Å². The van der Waals surface area contributed by atoms with Crippen molar-refractivity contribution in [2.24, 2.45) is 0 Å². The topological polar surface area (TPSA) is 138 Å². The lowest BCUT2D eigenvalue weighted by molar-refractivity contribution is 0.275. The Balaban J connectivity index is -0.000000167. The van der Waals surface area contributed by atoms with E-state index in [1.807, 2.05) is 36.5 Å². The molecule has 0 spiro atoms. The van der Waals surface area contributed by atoms with E-state index in [4.69, 9.17) is 34.6 Å². The van der Waals surface area contributed by atoms with Gasteiger partial charge in [0.1, 0.15) is 0 Å². The van der Waals surface area contributed by atoms with Gasteiger partial charge < -0.3 is 30.0 Å². The van der Waals surface area contributed by atoms with Crippen molar-refractivity contribution in [1.82, 2.24) is 0 Å². The van der Waals surface area contributed by atoms with Crippen LogP contribution in [0.3, 0.4) is 0 Å². The maximum absolute atomic E-state index is 8.88. The van der Waals surface area contributed by atoms with Crippen molar-refractivity contribution in [2.75, 3.05) is 19.8 Å². The van der Waals surface area contributed by atoms with Gasteiger partial charge in [0.15, 0.2) is 0 Å². The molecule has 0 fully saturated rings. The monoisotopic (exact) mass is 476 g/mol. The van der Waals surface area contributed by atoms with E-state index in [0.29, 0.717) is 0 Å². The molecular formula is C24H45O7P. The Bertz CT molecular complexity index is 443. The first-order valence-electron chi connectivity index (χ1n) is 10.6. The molecule has 32 heavy (non-hydrogen) atoms. The van der Waals surface area contributed by atoms with Gasteiger partial charge in [-0.15, -0.1) is 19.7 Å². The Hall–Kier alpha value is -1.57. The van der Waals surface area contributed by atoms with Crippen molar-refractivity contribution in [1.29, 1.82) is 0 Å². The number of aliphatic hydroxyl groups excluding tert-OH is 3. The highest BCUT2D eigenvalue weighted by atomic mass is 31.2. The molecule has 0 unspecified atom stereocenters. The fourth-order valence-electron chi connectivity index (χ4n) is 1.72. The summed E-state index contributed by atoms with van der Waals surface area (Å²) in [4.78, 5) is 21.6. The highest BCUT2D eigenvalue weighted by Crippen LogP contribution is 2.25. The van der Waals surface area contributed by atoms with Crippen molar-refractivity contribution in [2.45, 2.75) is 57.8 Å². The van der Waals surface area contributed by atoms with Crippen LogP contribution in [0.2, 0.25) is 0 Å². The third-order valence-electron chi connectivity index (χ3n) is 3.15. The van der Waals surface area contributed by atoms with Crippen LogP contribution in [0.4, 0.5) is 0 Å². The first kappa shape index (κ1) is 37.7. The fraction of sp³-hybridized carbons (Fsp3) is 0.500. The number of phosphoric acid groups is 1. The molecule has 0 heterocycles. The Morgan fingerprint density at radius 1 is 0.500 bits per heavy atom. The number of hydrogen-bond donors (Lipinski definition) is 6.